The molecule has 3 amide bonds. The molecule has 26 heavy (non-hydrogen) atoms. The lowest BCUT2D eigenvalue weighted by atomic mass is 9.83. The molecule has 1 fully saturated rings. The van der Waals surface area contributed by atoms with Gasteiger partial charge in [0.05, 0.1) is 0 Å². The fraction of sp³-hybridized carbons (Fsp3) is 0.176. The largest absolute Gasteiger partial charge is 0.473 e. The van der Waals surface area contributed by atoms with Crippen LogP contribution in [0.15, 0.2) is 60.7 Å². The summed E-state index contributed by atoms with van der Waals surface area (Å²) >= 11 is 0. The number of carbonyl (C=O) groups is 2. The van der Waals surface area contributed by atoms with Crippen LogP contribution in [-0.4, -0.2) is 35.6 Å². The van der Waals surface area contributed by atoms with Gasteiger partial charge in [0.2, 0.25) is 0 Å². The lowest BCUT2D eigenvalue weighted by Crippen LogP contribution is -2.45. The Bertz CT molecular complexity index is 819. The highest BCUT2D eigenvalue weighted by Gasteiger charge is 2.54. The monoisotopic (exact) mass is 376 g/mol. The van der Waals surface area contributed by atoms with Gasteiger partial charge in [0.1, 0.15) is 6.73 Å². The summed E-state index contributed by atoms with van der Waals surface area (Å²) < 4.78 is 20.5. The smallest absolute Gasteiger partial charge is 0.315 e. The molecular formula is C17H17N2O6P. The zero-order valence-corrected chi connectivity index (χ0v) is 14.8. The fourth-order valence-corrected chi connectivity index (χ4v) is 3.18. The number of benzene rings is 2. The summed E-state index contributed by atoms with van der Waals surface area (Å²) in [5.74, 6) is -0.615. The zero-order valence-electron chi connectivity index (χ0n) is 13.9. The van der Waals surface area contributed by atoms with Crippen molar-refractivity contribution in [1.29, 1.82) is 0 Å². The maximum atomic E-state index is 13.2. The first-order valence-corrected chi connectivity index (χ1v) is 9.18. The predicted octanol–water partition coefficient (Wildman–Crippen LogP) is 2.20. The molecule has 1 atom stereocenters. The number of carbonyl (C=O) groups excluding carboxylic acids is 2. The Morgan fingerprint density at radius 1 is 1.04 bits per heavy atom. The number of rotatable bonds is 6. The van der Waals surface area contributed by atoms with Crippen molar-refractivity contribution < 1.29 is 28.1 Å². The van der Waals surface area contributed by atoms with E-state index in [4.69, 9.17) is 4.52 Å². The number of phosphoric acid groups is 1. The quantitative estimate of drug-likeness (QED) is 0.592. The van der Waals surface area contributed by atoms with E-state index in [2.05, 4.69) is 9.84 Å². The van der Waals surface area contributed by atoms with Crippen LogP contribution in [0.5, 0.6) is 0 Å². The summed E-state index contributed by atoms with van der Waals surface area (Å²) in [6.45, 7) is -0.715. The average Bonchev–Trinajstić information content (AvgIpc) is 2.93. The third kappa shape index (κ3) is 3.15. The summed E-state index contributed by atoms with van der Waals surface area (Å²) in [5, 5.41) is 2.70. The second kappa shape index (κ2) is 7.01. The van der Waals surface area contributed by atoms with E-state index in [-0.39, 0.29) is 0 Å². The summed E-state index contributed by atoms with van der Waals surface area (Å²) in [7, 11) is -3.35. The van der Waals surface area contributed by atoms with Crippen LogP contribution in [0.1, 0.15) is 11.1 Å². The second-order valence-electron chi connectivity index (χ2n) is 5.55. The molecule has 0 aromatic heterocycles. The molecule has 0 aliphatic carbocycles. The van der Waals surface area contributed by atoms with E-state index in [0.717, 1.165) is 12.0 Å². The molecule has 0 radical (unpaired) electrons. The highest BCUT2D eigenvalue weighted by molar-refractivity contribution is 7.47. The Balaban J connectivity index is 2.03. The number of hydrogen-bond donors (Lipinski definition) is 2. The molecule has 0 saturated carbocycles. The molecule has 1 saturated heterocycles. The number of nitrogens with zero attached hydrogens (tertiary/aromatic N) is 1. The van der Waals surface area contributed by atoms with Crippen molar-refractivity contribution in [2.24, 2.45) is 0 Å². The topological polar surface area (TPSA) is 105 Å². The number of amides is 3. The van der Waals surface area contributed by atoms with E-state index in [1.165, 1.54) is 0 Å². The minimum Gasteiger partial charge on any atom is -0.315 e. The third-order valence-electron chi connectivity index (χ3n) is 4.10. The van der Waals surface area contributed by atoms with E-state index >= 15 is 0 Å². The van der Waals surface area contributed by atoms with Crippen molar-refractivity contribution in [2.75, 3.05) is 13.8 Å². The van der Waals surface area contributed by atoms with E-state index in [1.54, 1.807) is 60.7 Å². The lowest BCUT2D eigenvalue weighted by Gasteiger charge is -2.28. The summed E-state index contributed by atoms with van der Waals surface area (Å²) in [4.78, 5) is 35.7. The van der Waals surface area contributed by atoms with Crippen molar-refractivity contribution in [3.63, 3.8) is 0 Å². The van der Waals surface area contributed by atoms with Gasteiger partial charge in [-0.1, -0.05) is 60.7 Å². The van der Waals surface area contributed by atoms with E-state index in [9.17, 15) is 19.0 Å². The van der Waals surface area contributed by atoms with Gasteiger partial charge in [0, 0.05) is 7.11 Å². The molecule has 9 heteroatoms. The van der Waals surface area contributed by atoms with Crippen LogP contribution in [0, 0.1) is 0 Å². The van der Waals surface area contributed by atoms with Gasteiger partial charge in [-0.25, -0.2) is 14.3 Å². The van der Waals surface area contributed by atoms with Gasteiger partial charge in [-0.2, -0.15) is 0 Å². The highest BCUT2D eigenvalue weighted by Crippen LogP contribution is 2.43. The van der Waals surface area contributed by atoms with E-state index < -0.39 is 32.0 Å². The minimum absolute atomic E-state index is 0.561. The first kappa shape index (κ1) is 18.3. The average molecular weight is 376 g/mol. The van der Waals surface area contributed by atoms with Gasteiger partial charge in [0.25, 0.3) is 5.91 Å². The van der Waals surface area contributed by atoms with Crippen LogP contribution >= 0.6 is 7.82 Å². The standard InChI is InChI=1S/C17H17N2O6P/c1-24-26(22,23)25-12-19-15(20)17(18-16(19)21,13-8-4-2-5-9-13)14-10-6-3-7-11-14/h2-11H,12H2,1H3,(H,18,21)(H,22,23). The highest BCUT2D eigenvalue weighted by atomic mass is 31.2. The lowest BCUT2D eigenvalue weighted by molar-refractivity contribution is -0.132. The Hall–Kier alpha value is -2.51. The molecule has 1 unspecified atom stereocenters. The Kier molecular flexibility index (Phi) is 4.93. The minimum atomic E-state index is -4.34. The van der Waals surface area contributed by atoms with Crippen LogP contribution in [-0.2, 0) is 23.9 Å². The van der Waals surface area contributed by atoms with Gasteiger partial charge in [-0.05, 0) is 11.1 Å². The van der Waals surface area contributed by atoms with Crippen LogP contribution in [0.4, 0.5) is 4.79 Å². The molecule has 0 spiro atoms. The van der Waals surface area contributed by atoms with Gasteiger partial charge in [-0.3, -0.25) is 13.8 Å². The number of hydrogen-bond acceptors (Lipinski definition) is 5. The normalized spacial score (nSPS) is 18.5. The van der Waals surface area contributed by atoms with Gasteiger partial charge in [-0.15, -0.1) is 0 Å². The first-order chi connectivity index (χ1) is 12.4. The van der Waals surface area contributed by atoms with Gasteiger partial charge >= 0.3 is 13.9 Å². The Morgan fingerprint density at radius 3 is 2.00 bits per heavy atom. The number of imide groups is 1. The fourth-order valence-electron chi connectivity index (χ4n) is 2.81. The van der Waals surface area contributed by atoms with Crippen molar-refractivity contribution in [2.45, 2.75) is 5.54 Å². The maximum absolute atomic E-state index is 13.2. The van der Waals surface area contributed by atoms with E-state index in [1.807, 2.05) is 0 Å². The van der Waals surface area contributed by atoms with Crippen LogP contribution in [0.25, 0.3) is 0 Å². The summed E-state index contributed by atoms with van der Waals surface area (Å²) in [6.07, 6.45) is 0. The molecule has 1 aliphatic heterocycles. The second-order valence-corrected chi connectivity index (χ2v) is 7.12. The van der Waals surface area contributed by atoms with Crippen molar-refractivity contribution in [3.8, 4) is 0 Å². The molecular weight excluding hydrogens is 359 g/mol. The maximum Gasteiger partial charge on any atom is 0.473 e. The number of phosphoric ester groups is 1. The van der Waals surface area contributed by atoms with Crippen LogP contribution in [0.2, 0.25) is 0 Å². The van der Waals surface area contributed by atoms with Crippen molar-refractivity contribution >= 4 is 19.8 Å². The predicted molar refractivity (Wildman–Crippen MR) is 91.8 cm³/mol. The molecule has 8 nitrogen and oxygen atoms in total. The van der Waals surface area contributed by atoms with Crippen molar-refractivity contribution in [3.05, 3.63) is 71.8 Å². The molecule has 0 bridgehead atoms. The molecule has 136 valence electrons. The molecule has 1 aliphatic rings. The first-order valence-electron chi connectivity index (χ1n) is 7.69. The molecule has 2 N–H and O–H groups in total. The Morgan fingerprint density at radius 2 is 1.54 bits per heavy atom. The van der Waals surface area contributed by atoms with Gasteiger partial charge in [0.15, 0.2) is 5.54 Å². The van der Waals surface area contributed by atoms with Gasteiger partial charge < -0.3 is 10.2 Å². The molecule has 3 rings (SSSR count). The SMILES string of the molecule is COP(=O)(O)OCN1C(=O)NC(c2ccccc2)(c2ccccc2)C1=O. The molecule has 1 heterocycles. The zero-order chi connectivity index (χ0) is 18.8. The van der Waals surface area contributed by atoms with Crippen LogP contribution in [0.3, 0.4) is 0 Å². The summed E-state index contributed by atoms with van der Waals surface area (Å²) in [5.41, 5.74) is -0.327. The Labute approximate surface area is 150 Å². The van der Waals surface area contributed by atoms with E-state index in [0.29, 0.717) is 11.1 Å². The molecule has 2 aromatic rings. The summed E-state index contributed by atoms with van der Waals surface area (Å²) in [6, 6.07) is 16.8. The molecule has 2 aromatic carbocycles. The van der Waals surface area contributed by atoms with Crippen LogP contribution < -0.4 is 5.32 Å². The van der Waals surface area contributed by atoms with Crippen molar-refractivity contribution in [1.82, 2.24) is 10.2 Å². The number of urea groups is 1. The number of nitrogens with one attached hydrogen (secondary N) is 1. The third-order valence-corrected chi connectivity index (χ3v) is 5.00.